The Morgan fingerprint density at radius 3 is 2.58 bits per heavy atom. The van der Waals surface area contributed by atoms with Crippen LogP contribution in [0.25, 0.3) is 0 Å². The highest BCUT2D eigenvalue weighted by atomic mass is 19.1. The van der Waals surface area contributed by atoms with Gasteiger partial charge < -0.3 is 19.9 Å². The third kappa shape index (κ3) is 5.18. The van der Waals surface area contributed by atoms with Crippen molar-refractivity contribution in [1.29, 1.82) is 0 Å². The molecule has 3 heterocycles. The van der Waals surface area contributed by atoms with Gasteiger partial charge in [-0.05, 0) is 44.8 Å². The smallest absolute Gasteiger partial charge is 0.237 e. The Morgan fingerprint density at radius 2 is 1.90 bits per heavy atom. The number of halogens is 1. The first-order valence-corrected chi connectivity index (χ1v) is 11.4. The Bertz CT molecular complexity index is 791. The number of carbonyl (C=O) groups is 2. The second-order valence-corrected chi connectivity index (χ2v) is 8.79. The molecule has 0 bridgehead atoms. The van der Waals surface area contributed by atoms with Crippen molar-refractivity contribution in [1.82, 2.24) is 20.0 Å². The van der Waals surface area contributed by atoms with E-state index in [1.54, 1.807) is 12.1 Å². The zero-order chi connectivity index (χ0) is 21.8. The van der Waals surface area contributed by atoms with Crippen LogP contribution in [0.5, 0.6) is 5.75 Å². The highest BCUT2D eigenvalue weighted by molar-refractivity contribution is 5.88. The maximum absolute atomic E-state index is 14.4. The van der Waals surface area contributed by atoms with Gasteiger partial charge in [0.05, 0.1) is 19.6 Å². The predicted octanol–water partition coefficient (Wildman–Crippen LogP) is 1.61. The summed E-state index contributed by atoms with van der Waals surface area (Å²) in [5.74, 6) is -0.0383. The van der Waals surface area contributed by atoms with Gasteiger partial charge in [-0.1, -0.05) is 6.07 Å². The summed E-state index contributed by atoms with van der Waals surface area (Å²) in [5.41, 5.74) is 0.499. The van der Waals surface area contributed by atoms with Crippen molar-refractivity contribution in [3.8, 4) is 5.75 Å². The van der Waals surface area contributed by atoms with Gasteiger partial charge in [-0.25, -0.2) is 4.39 Å². The molecule has 1 atom stereocenters. The summed E-state index contributed by atoms with van der Waals surface area (Å²) in [5, 5.41) is 2.86. The van der Waals surface area contributed by atoms with E-state index in [2.05, 4.69) is 10.2 Å². The van der Waals surface area contributed by atoms with Crippen LogP contribution in [-0.2, 0) is 16.1 Å². The summed E-state index contributed by atoms with van der Waals surface area (Å²) in [6.45, 7) is 5.24. The summed E-state index contributed by atoms with van der Waals surface area (Å²) in [7, 11) is 1.50. The Morgan fingerprint density at radius 1 is 1.16 bits per heavy atom. The topological polar surface area (TPSA) is 65.1 Å². The van der Waals surface area contributed by atoms with Crippen LogP contribution in [0.15, 0.2) is 18.2 Å². The quantitative estimate of drug-likeness (QED) is 0.740. The molecule has 1 N–H and O–H groups in total. The fraction of sp³-hybridized carbons (Fsp3) is 0.652. The summed E-state index contributed by atoms with van der Waals surface area (Å²) < 4.78 is 19.5. The minimum Gasteiger partial charge on any atom is -0.497 e. The van der Waals surface area contributed by atoms with Crippen molar-refractivity contribution in [3.63, 3.8) is 0 Å². The normalized spacial score (nSPS) is 23.7. The number of ether oxygens (including phenoxy) is 1. The highest BCUT2D eigenvalue weighted by Gasteiger charge is 2.35. The SMILES string of the molecule is COc1ccc(CN2CCNC(=O)[C@H]2CC(=O)N2CCC(N3CCCC3)CC2)c(F)c1. The van der Waals surface area contributed by atoms with E-state index in [1.807, 2.05) is 9.80 Å². The monoisotopic (exact) mass is 432 g/mol. The molecular formula is C23H33FN4O3. The molecule has 2 amide bonds. The molecule has 0 radical (unpaired) electrons. The first-order chi connectivity index (χ1) is 15.0. The van der Waals surface area contributed by atoms with Crippen LogP contribution in [0.1, 0.15) is 37.7 Å². The molecule has 1 aromatic carbocycles. The third-order valence-corrected chi connectivity index (χ3v) is 6.92. The zero-order valence-corrected chi connectivity index (χ0v) is 18.3. The first kappa shape index (κ1) is 22.0. The number of piperazine rings is 1. The van der Waals surface area contributed by atoms with Gasteiger partial charge in [0.2, 0.25) is 11.8 Å². The summed E-state index contributed by atoms with van der Waals surface area (Å²) in [4.78, 5) is 32.0. The average Bonchev–Trinajstić information content (AvgIpc) is 3.32. The number of methoxy groups -OCH3 is 1. The van der Waals surface area contributed by atoms with Crippen LogP contribution in [0, 0.1) is 5.82 Å². The molecule has 3 aliphatic rings. The van der Waals surface area contributed by atoms with E-state index in [1.165, 1.54) is 39.1 Å². The maximum Gasteiger partial charge on any atom is 0.237 e. The van der Waals surface area contributed by atoms with Gasteiger partial charge in [-0.2, -0.15) is 0 Å². The van der Waals surface area contributed by atoms with Crippen molar-refractivity contribution < 1.29 is 18.7 Å². The van der Waals surface area contributed by atoms with E-state index >= 15 is 0 Å². The number of benzene rings is 1. The number of hydrogen-bond donors (Lipinski definition) is 1. The Kier molecular flexibility index (Phi) is 7.07. The molecular weight excluding hydrogens is 399 g/mol. The number of carbonyl (C=O) groups excluding carboxylic acids is 2. The van der Waals surface area contributed by atoms with Gasteiger partial charge in [-0.15, -0.1) is 0 Å². The van der Waals surface area contributed by atoms with Gasteiger partial charge in [0, 0.05) is 50.4 Å². The average molecular weight is 433 g/mol. The molecule has 0 aromatic heterocycles. The Hall–Kier alpha value is -2.19. The molecule has 0 aliphatic carbocycles. The van der Waals surface area contributed by atoms with Crippen LogP contribution in [-0.4, -0.2) is 85.0 Å². The molecule has 0 unspecified atom stereocenters. The highest BCUT2D eigenvalue weighted by Crippen LogP contribution is 2.23. The fourth-order valence-corrected chi connectivity index (χ4v) is 5.06. The number of hydrogen-bond acceptors (Lipinski definition) is 5. The molecule has 0 saturated carbocycles. The largest absolute Gasteiger partial charge is 0.497 e. The number of amides is 2. The summed E-state index contributed by atoms with van der Waals surface area (Å²) in [6, 6.07) is 4.76. The number of nitrogens with zero attached hydrogens (tertiary/aromatic N) is 3. The third-order valence-electron chi connectivity index (χ3n) is 6.92. The van der Waals surface area contributed by atoms with Gasteiger partial charge in [-0.3, -0.25) is 14.5 Å². The minimum atomic E-state index is -0.570. The van der Waals surface area contributed by atoms with E-state index in [9.17, 15) is 14.0 Å². The predicted molar refractivity (Wildman–Crippen MR) is 115 cm³/mol. The van der Waals surface area contributed by atoms with Crippen molar-refractivity contribution in [2.75, 3.05) is 46.4 Å². The van der Waals surface area contributed by atoms with Crippen LogP contribution >= 0.6 is 0 Å². The summed E-state index contributed by atoms with van der Waals surface area (Å²) >= 11 is 0. The van der Waals surface area contributed by atoms with Crippen LogP contribution in [0.3, 0.4) is 0 Å². The second kappa shape index (κ2) is 9.96. The standard InChI is InChI=1S/C23H33FN4O3/c1-31-19-5-4-17(20(24)14-19)16-28-13-8-25-23(30)21(28)15-22(29)27-11-6-18(7-12-27)26-9-2-3-10-26/h4-5,14,18,21H,2-3,6-13,15-16H2,1H3,(H,25,30)/t21-/m1/s1. The number of piperidine rings is 1. The van der Waals surface area contributed by atoms with E-state index in [-0.39, 0.29) is 30.6 Å². The minimum absolute atomic E-state index is 0.0159. The molecule has 3 fully saturated rings. The van der Waals surface area contributed by atoms with Crippen LogP contribution < -0.4 is 10.1 Å². The molecule has 7 nitrogen and oxygen atoms in total. The van der Waals surface area contributed by atoms with Crippen molar-refractivity contribution in [2.45, 2.75) is 50.7 Å². The Labute approximate surface area is 183 Å². The van der Waals surface area contributed by atoms with Gasteiger partial charge >= 0.3 is 0 Å². The molecule has 1 aromatic rings. The van der Waals surface area contributed by atoms with Crippen LogP contribution in [0.2, 0.25) is 0 Å². The van der Waals surface area contributed by atoms with Gasteiger partial charge in [0.15, 0.2) is 0 Å². The van der Waals surface area contributed by atoms with E-state index in [4.69, 9.17) is 4.74 Å². The van der Waals surface area contributed by atoms with E-state index in [0.29, 0.717) is 30.4 Å². The zero-order valence-electron chi connectivity index (χ0n) is 18.3. The fourth-order valence-electron chi connectivity index (χ4n) is 5.06. The van der Waals surface area contributed by atoms with Crippen LogP contribution in [0.4, 0.5) is 4.39 Å². The molecule has 0 spiro atoms. The number of rotatable bonds is 6. The lowest BCUT2D eigenvalue weighted by atomic mass is 10.0. The molecule has 4 rings (SSSR count). The van der Waals surface area contributed by atoms with Crippen molar-refractivity contribution >= 4 is 11.8 Å². The molecule has 31 heavy (non-hydrogen) atoms. The Balaban J connectivity index is 1.36. The van der Waals surface area contributed by atoms with Crippen molar-refractivity contribution in [2.24, 2.45) is 0 Å². The number of likely N-dealkylation sites (tertiary alicyclic amines) is 2. The number of nitrogens with one attached hydrogen (secondary N) is 1. The lowest BCUT2D eigenvalue weighted by Gasteiger charge is -2.39. The van der Waals surface area contributed by atoms with Gasteiger partial charge in [0.25, 0.3) is 0 Å². The van der Waals surface area contributed by atoms with E-state index in [0.717, 1.165) is 25.9 Å². The van der Waals surface area contributed by atoms with Crippen molar-refractivity contribution in [3.05, 3.63) is 29.6 Å². The second-order valence-electron chi connectivity index (χ2n) is 8.79. The van der Waals surface area contributed by atoms with E-state index < -0.39 is 6.04 Å². The molecule has 3 aliphatic heterocycles. The van der Waals surface area contributed by atoms with Gasteiger partial charge in [0.1, 0.15) is 11.6 Å². The lowest BCUT2D eigenvalue weighted by molar-refractivity contribution is -0.140. The first-order valence-electron chi connectivity index (χ1n) is 11.4. The molecule has 170 valence electrons. The molecule has 3 saturated heterocycles. The summed E-state index contributed by atoms with van der Waals surface area (Å²) in [6.07, 6.45) is 4.70. The lowest BCUT2D eigenvalue weighted by Crippen LogP contribution is -2.56. The molecule has 8 heteroatoms. The maximum atomic E-state index is 14.4.